The van der Waals surface area contributed by atoms with E-state index < -0.39 is 0 Å². The van der Waals surface area contributed by atoms with Gasteiger partial charge in [0.05, 0.1) is 12.2 Å². The molecule has 26 heavy (non-hydrogen) atoms. The number of rotatable bonds is 4. The van der Waals surface area contributed by atoms with Crippen LogP contribution in [0.1, 0.15) is 21.6 Å². The highest BCUT2D eigenvalue weighted by atomic mass is 32.1. The minimum atomic E-state index is -0.0771. The van der Waals surface area contributed by atoms with E-state index in [4.69, 9.17) is 0 Å². The molecule has 0 aliphatic carbocycles. The van der Waals surface area contributed by atoms with Crippen LogP contribution in [0.15, 0.2) is 72.1 Å². The predicted molar refractivity (Wildman–Crippen MR) is 107 cm³/mol. The Bertz CT molecular complexity index is 1060. The topological polar surface area (TPSA) is 42.0 Å². The fraction of sp³-hybridized carbons (Fsp3) is 0.0909. The highest BCUT2D eigenvalue weighted by Gasteiger charge is 2.11. The Morgan fingerprint density at radius 3 is 2.62 bits per heavy atom. The molecule has 0 unspecified atom stereocenters. The van der Waals surface area contributed by atoms with Crippen molar-refractivity contribution in [3.05, 3.63) is 88.9 Å². The third kappa shape index (κ3) is 3.37. The van der Waals surface area contributed by atoms with Crippen LogP contribution in [0.2, 0.25) is 0 Å². The van der Waals surface area contributed by atoms with Crippen LogP contribution in [0.25, 0.3) is 21.3 Å². The van der Waals surface area contributed by atoms with Crippen molar-refractivity contribution in [3.63, 3.8) is 0 Å². The first kappa shape index (κ1) is 16.5. The molecular weight excluding hydrogens is 340 g/mol. The van der Waals surface area contributed by atoms with Crippen LogP contribution >= 0.6 is 11.3 Å². The highest BCUT2D eigenvalue weighted by Crippen LogP contribution is 2.24. The summed E-state index contributed by atoms with van der Waals surface area (Å²) in [5.41, 5.74) is 3.90. The molecule has 0 aliphatic heterocycles. The van der Waals surface area contributed by atoms with Crippen molar-refractivity contribution in [2.45, 2.75) is 13.5 Å². The average Bonchev–Trinajstić information content (AvgIpc) is 3.15. The molecule has 1 aromatic heterocycles. The van der Waals surface area contributed by atoms with E-state index in [0.29, 0.717) is 12.1 Å². The number of fused-ring (bicyclic) bond motifs is 1. The van der Waals surface area contributed by atoms with E-state index in [1.165, 1.54) is 5.56 Å². The number of nitrogens with zero attached hydrogens (tertiary/aromatic N) is 1. The molecule has 4 heteroatoms. The summed E-state index contributed by atoms with van der Waals surface area (Å²) < 4.78 is 0. The number of carbonyl (C=O) groups excluding carboxylic acids is 1. The number of hydrogen-bond donors (Lipinski definition) is 1. The van der Waals surface area contributed by atoms with Gasteiger partial charge in [0.1, 0.15) is 5.01 Å². The van der Waals surface area contributed by atoms with Crippen LogP contribution in [-0.2, 0) is 6.54 Å². The molecular formula is C22H18N2OS. The van der Waals surface area contributed by atoms with Gasteiger partial charge in [0.2, 0.25) is 0 Å². The van der Waals surface area contributed by atoms with Gasteiger partial charge in [-0.3, -0.25) is 4.79 Å². The monoisotopic (exact) mass is 358 g/mol. The SMILES string of the molecule is Cc1ccc(-c2nc(CNC(=O)c3cccc4ccccc34)cs2)cc1. The zero-order valence-corrected chi connectivity index (χ0v) is 15.2. The van der Waals surface area contributed by atoms with Gasteiger partial charge in [-0.15, -0.1) is 11.3 Å². The van der Waals surface area contributed by atoms with Crippen molar-refractivity contribution in [2.75, 3.05) is 0 Å². The quantitative estimate of drug-likeness (QED) is 0.545. The highest BCUT2D eigenvalue weighted by molar-refractivity contribution is 7.13. The Kier molecular flexibility index (Phi) is 4.50. The van der Waals surface area contributed by atoms with E-state index in [0.717, 1.165) is 27.0 Å². The summed E-state index contributed by atoms with van der Waals surface area (Å²) in [5.74, 6) is -0.0771. The number of aromatic nitrogens is 1. The number of benzene rings is 3. The molecule has 0 fully saturated rings. The molecule has 0 bridgehead atoms. The molecule has 4 aromatic rings. The standard InChI is InChI=1S/C22H18N2OS/c1-15-9-11-17(12-10-15)22-24-18(14-26-22)13-23-21(25)20-8-4-6-16-5-2-3-7-19(16)20/h2-12,14H,13H2,1H3,(H,23,25). The lowest BCUT2D eigenvalue weighted by Gasteiger charge is -2.07. The lowest BCUT2D eigenvalue weighted by Crippen LogP contribution is -2.23. The van der Waals surface area contributed by atoms with Gasteiger partial charge in [0.15, 0.2) is 0 Å². The summed E-state index contributed by atoms with van der Waals surface area (Å²) in [6.45, 7) is 2.49. The van der Waals surface area contributed by atoms with Gasteiger partial charge < -0.3 is 5.32 Å². The predicted octanol–water partition coefficient (Wildman–Crippen LogP) is 5.20. The minimum absolute atomic E-state index is 0.0771. The summed E-state index contributed by atoms with van der Waals surface area (Å²) in [7, 11) is 0. The smallest absolute Gasteiger partial charge is 0.252 e. The van der Waals surface area contributed by atoms with E-state index in [9.17, 15) is 4.79 Å². The Morgan fingerprint density at radius 2 is 1.77 bits per heavy atom. The Hall–Kier alpha value is -2.98. The van der Waals surface area contributed by atoms with Crippen LogP contribution in [-0.4, -0.2) is 10.9 Å². The lowest BCUT2D eigenvalue weighted by molar-refractivity contribution is 0.0952. The third-order valence-corrected chi connectivity index (χ3v) is 5.25. The number of nitrogens with one attached hydrogen (secondary N) is 1. The lowest BCUT2D eigenvalue weighted by atomic mass is 10.0. The molecule has 0 saturated heterocycles. The number of thiazole rings is 1. The summed E-state index contributed by atoms with van der Waals surface area (Å²) >= 11 is 1.60. The van der Waals surface area contributed by atoms with Gasteiger partial charge in [0.25, 0.3) is 5.91 Å². The Balaban J connectivity index is 1.49. The maximum absolute atomic E-state index is 12.6. The average molecular weight is 358 g/mol. The molecule has 3 aromatic carbocycles. The number of aryl methyl sites for hydroxylation is 1. The minimum Gasteiger partial charge on any atom is -0.346 e. The number of amides is 1. The van der Waals surface area contributed by atoms with Gasteiger partial charge in [-0.25, -0.2) is 4.98 Å². The maximum atomic E-state index is 12.6. The van der Waals surface area contributed by atoms with Crippen LogP contribution in [0.5, 0.6) is 0 Å². The molecule has 0 spiro atoms. The largest absolute Gasteiger partial charge is 0.346 e. The van der Waals surface area contributed by atoms with Crippen molar-refractivity contribution >= 4 is 28.0 Å². The van der Waals surface area contributed by atoms with Crippen LogP contribution in [0.3, 0.4) is 0 Å². The molecule has 0 saturated carbocycles. The van der Waals surface area contributed by atoms with Crippen LogP contribution < -0.4 is 5.32 Å². The molecule has 3 nitrogen and oxygen atoms in total. The molecule has 0 radical (unpaired) electrons. The maximum Gasteiger partial charge on any atom is 0.252 e. The number of carbonyl (C=O) groups is 1. The fourth-order valence-corrected chi connectivity index (χ4v) is 3.73. The van der Waals surface area contributed by atoms with Crippen molar-refractivity contribution in [3.8, 4) is 10.6 Å². The second-order valence-electron chi connectivity index (χ2n) is 6.22. The van der Waals surface area contributed by atoms with E-state index >= 15 is 0 Å². The summed E-state index contributed by atoms with van der Waals surface area (Å²) in [6.07, 6.45) is 0. The zero-order valence-electron chi connectivity index (χ0n) is 14.4. The van der Waals surface area contributed by atoms with Gasteiger partial charge >= 0.3 is 0 Å². The third-order valence-electron chi connectivity index (χ3n) is 4.31. The van der Waals surface area contributed by atoms with Crippen molar-refractivity contribution in [1.29, 1.82) is 0 Å². The van der Waals surface area contributed by atoms with Crippen molar-refractivity contribution in [2.24, 2.45) is 0 Å². The van der Waals surface area contributed by atoms with Crippen LogP contribution in [0.4, 0.5) is 0 Å². The van der Waals surface area contributed by atoms with E-state index in [1.54, 1.807) is 11.3 Å². The van der Waals surface area contributed by atoms with E-state index in [2.05, 4.69) is 41.5 Å². The summed E-state index contributed by atoms with van der Waals surface area (Å²) in [6, 6.07) is 22.0. The first-order chi connectivity index (χ1) is 12.7. The van der Waals surface area contributed by atoms with E-state index in [-0.39, 0.29) is 5.91 Å². The number of hydrogen-bond acceptors (Lipinski definition) is 3. The molecule has 0 atom stereocenters. The van der Waals surface area contributed by atoms with Gasteiger partial charge in [-0.05, 0) is 23.8 Å². The molecule has 4 rings (SSSR count). The van der Waals surface area contributed by atoms with Crippen LogP contribution in [0, 0.1) is 6.92 Å². The first-order valence-electron chi connectivity index (χ1n) is 8.48. The van der Waals surface area contributed by atoms with Gasteiger partial charge in [-0.2, -0.15) is 0 Å². The fourth-order valence-electron chi connectivity index (χ4n) is 2.91. The first-order valence-corrected chi connectivity index (χ1v) is 9.36. The Morgan fingerprint density at radius 1 is 1.00 bits per heavy atom. The van der Waals surface area contributed by atoms with Crippen molar-refractivity contribution in [1.82, 2.24) is 10.3 Å². The van der Waals surface area contributed by atoms with Gasteiger partial charge in [-0.1, -0.05) is 66.2 Å². The normalized spacial score (nSPS) is 10.8. The molecule has 128 valence electrons. The second kappa shape index (κ2) is 7.10. The zero-order chi connectivity index (χ0) is 17.9. The second-order valence-corrected chi connectivity index (χ2v) is 7.08. The van der Waals surface area contributed by atoms with E-state index in [1.807, 2.05) is 47.8 Å². The van der Waals surface area contributed by atoms with Gasteiger partial charge in [0, 0.05) is 16.5 Å². The molecule has 1 heterocycles. The summed E-state index contributed by atoms with van der Waals surface area (Å²) in [4.78, 5) is 17.3. The molecule has 0 aliphatic rings. The molecule has 1 amide bonds. The Labute approximate surface area is 156 Å². The van der Waals surface area contributed by atoms with Crippen molar-refractivity contribution < 1.29 is 4.79 Å². The summed E-state index contributed by atoms with van der Waals surface area (Å²) in [5, 5.41) is 7.99. The molecule has 1 N–H and O–H groups in total.